The molecule has 18 heavy (non-hydrogen) atoms. The van der Waals surface area contributed by atoms with E-state index in [1.54, 1.807) is 0 Å². The van der Waals surface area contributed by atoms with Crippen molar-refractivity contribution in [2.45, 2.75) is 45.6 Å². The van der Waals surface area contributed by atoms with Crippen LogP contribution in [0.25, 0.3) is 0 Å². The highest BCUT2D eigenvalue weighted by Gasteiger charge is 2.38. The molecule has 3 nitrogen and oxygen atoms in total. The molecule has 0 aromatic carbocycles. The Morgan fingerprint density at radius 2 is 2.22 bits per heavy atom. The van der Waals surface area contributed by atoms with Crippen molar-refractivity contribution in [2.24, 2.45) is 11.3 Å². The van der Waals surface area contributed by atoms with Gasteiger partial charge in [-0.3, -0.25) is 4.90 Å². The highest BCUT2D eigenvalue weighted by atomic mass is 16.5. The Hall–Kier alpha value is -0.120. The Balaban J connectivity index is 1.99. The van der Waals surface area contributed by atoms with E-state index in [1.165, 1.54) is 38.8 Å². The third kappa shape index (κ3) is 3.25. The van der Waals surface area contributed by atoms with Crippen LogP contribution in [0.2, 0.25) is 0 Å². The first-order chi connectivity index (χ1) is 8.67. The van der Waals surface area contributed by atoms with Crippen LogP contribution in [0.1, 0.15) is 39.5 Å². The number of likely N-dealkylation sites (tertiary alicyclic amines) is 1. The van der Waals surface area contributed by atoms with E-state index >= 15 is 0 Å². The smallest absolute Gasteiger partial charge is 0.0546 e. The van der Waals surface area contributed by atoms with E-state index in [9.17, 15) is 0 Å². The third-order valence-corrected chi connectivity index (χ3v) is 4.68. The number of rotatable bonds is 5. The fraction of sp³-hybridized carbons (Fsp3) is 1.00. The molecule has 0 saturated carbocycles. The molecule has 0 spiro atoms. The van der Waals surface area contributed by atoms with E-state index in [0.717, 1.165) is 31.7 Å². The van der Waals surface area contributed by atoms with Crippen molar-refractivity contribution in [3.8, 4) is 0 Å². The SMILES string of the molecule is CNCC1(CN2CCCC2C(C)C)CCCOC1. The summed E-state index contributed by atoms with van der Waals surface area (Å²) in [5.41, 5.74) is 0.352. The van der Waals surface area contributed by atoms with Crippen molar-refractivity contribution in [1.82, 2.24) is 10.2 Å². The summed E-state index contributed by atoms with van der Waals surface area (Å²) in [5, 5.41) is 3.39. The lowest BCUT2D eigenvalue weighted by Gasteiger charge is -2.42. The zero-order chi connectivity index (χ0) is 13.0. The minimum absolute atomic E-state index is 0.352. The molecule has 2 fully saturated rings. The number of ether oxygens (including phenoxy) is 1. The normalized spacial score (nSPS) is 34.3. The van der Waals surface area contributed by atoms with Gasteiger partial charge in [0.05, 0.1) is 6.61 Å². The van der Waals surface area contributed by atoms with E-state index in [1.807, 2.05) is 0 Å². The average molecular weight is 254 g/mol. The molecule has 2 atom stereocenters. The van der Waals surface area contributed by atoms with Crippen LogP contribution in [0.4, 0.5) is 0 Å². The molecule has 2 aliphatic heterocycles. The van der Waals surface area contributed by atoms with Gasteiger partial charge >= 0.3 is 0 Å². The summed E-state index contributed by atoms with van der Waals surface area (Å²) in [5.74, 6) is 0.781. The van der Waals surface area contributed by atoms with Crippen LogP contribution in [0.15, 0.2) is 0 Å². The second kappa shape index (κ2) is 6.36. The van der Waals surface area contributed by atoms with Crippen molar-refractivity contribution in [3.05, 3.63) is 0 Å². The molecule has 0 aromatic rings. The summed E-state index contributed by atoms with van der Waals surface area (Å²) < 4.78 is 5.78. The van der Waals surface area contributed by atoms with E-state index in [-0.39, 0.29) is 0 Å². The van der Waals surface area contributed by atoms with Gasteiger partial charge in [-0.15, -0.1) is 0 Å². The largest absolute Gasteiger partial charge is 0.381 e. The van der Waals surface area contributed by atoms with Gasteiger partial charge in [-0.2, -0.15) is 0 Å². The predicted octanol–water partition coefficient (Wildman–Crippen LogP) is 2.12. The van der Waals surface area contributed by atoms with Gasteiger partial charge in [0.15, 0.2) is 0 Å². The summed E-state index contributed by atoms with van der Waals surface area (Å²) in [6.07, 6.45) is 5.30. The summed E-state index contributed by atoms with van der Waals surface area (Å²) in [7, 11) is 2.07. The lowest BCUT2D eigenvalue weighted by Crippen LogP contribution is -2.50. The fourth-order valence-electron chi connectivity index (χ4n) is 3.84. The Morgan fingerprint density at radius 3 is 2.83 bits per heavy atom. The van der Waals surface area contributed by atoms with Crippen molar-refractivity contribution >= 4 is 0 Å². The van der Waals surface area contributed by atoms with E-state index in [0.29, 0.717) is 5.41 Å². The van der Waals surface area contributed by atoms with Crippen LogP contribution in [0.5, 0.6) is 0 Å². The molecule has 0 amide bonds. The van der Waals surface area contributed by atoms with Gasteiger partial charge in [0.25, 0.3) is 0 Å². The fourth-order valence-corrected chi connectivity index (χ4v) is 3.84. The maximum atomic E-state index is 5.78. The Kier molecular flexibility index (Phi) is 5.05. The Morgan fingerprint density at radius 1 is 1.39 bits per heavy atom. The van der Waals surface area contributed by atoms with Crippen LogP contribution < -0.4 is 5.32 Å². The molecule has 0 aliphatic carbocycles. The molecule has 2 heterocycles. The summed E-state index contributed by atoms with van der Waals surface area (Å²) >= 11 is 0. The van der Waals surface area contributed by atoms with E-state index < -0.39 is 0 Å². The van der Waals surface area contributed by atoms with Gasteiger partial charge in [-0.25, -0.2) is 0 Å². The van der Waals surface area contributed by atoms with Gasteiger partial charge in [0.2, 0.25) is 0 Å². The van der Waals surface area contributed by atoms with Gasteiger partial charge in [-0.1, -0.05) is 13.8 Å². The quantitative estimate of drug-likeness (QED) is 0.813. The summed E-state index contributed by atoms with van der Waals surface area (Å²) in [4.78, 5) is 2.73. The van der Waals surface area contributed by atoms with E-state index in [2.05, 4.69) is 31.1 Å². The predicted molar refractivity (Wildman–Crippen MR) is 75.8 cm³/mol. The number of nitrogens with zero attached hydrogens (tertiary/aromatic N) is 1. The molecule has 0 bridgehead atoms. The maximum Gasteiger partial charge on any atom is 0.0546 e. The van der Waals surface area contributed by atoms with Crippen molar-refractivity contribution in [3.63, 3.8) is 0 Å². The number of hydrogen-bond donors (Lipinski definition) is 1. The Labute approximate surface area is 112 Å². The third-order valence-electron chi connectivity index (χ3n) is 4.68. The first-order valence-electron chi connectivity index (χ1n) is 7.63. The zero-order valence-corrected chi connectivity index (χ0v) is 12.4. The van der Waals surface area contributed by atoms with Crippen LogP contribution >= 0.6 is 0 Å². The van der Waals surface area contributed by atoms with Crippen molar-refractivity contribution in [1.29, 1.82) is 0 Å². The first kappa shape index (κ1) is 14.3. The van der Waals surface area contributed by atoms with Gasteiger partial charge in [0, 0.05) is 31.2 Å². The molecule has 2 unspecified atom stereocenters. The van der Waals surface area contributed by atoms with Gasteiger partial charge in [-0.05, 0) is 45.2 Å². The monoisotopic (exact) mass is 254 g/mol. The molecule has 2 aliphatic rings. The molecule has 0 radical (unpaired) electrons. The second-order valence-electron chi connectivity index (χ2n) is 6.61. The minimum Gasteiger partial charge on any atom is -0.381 e. The van der Waals surface area contributed by atoms with Crippen LogP contribution in [0, 0.1) is 11.3 Å². The molecular formula is C15H30N2O. The zero-order valence-electron chi connectivity index (χ0n) is 12.4. The summed E-state index contributed by atoms with van der Waals surface area (Å²) in [6.45, 7) is 10.2. The lowest BCUT2D eigenvalue weighted by molar-refractivity contribution is -0.0297. The highest BCUT2D eigenvalue weighted by molar-refractivity contribution is 4.91. The van der Waals surface area contributed by atoms with Gasteiger partial charge < -0.3 is 10.1 Å². The standard InChI is InChI=1S/C15H30N2O/c1-13(2)14-6-4-8-17(14)11-15(10-16-3)7-5-9-18-12-15/h13-14,16H,4-12H2,1-3H3. The molecule has 1 N–H and O–H groups in total. The molecule has 3 heteroatoms. The first-order valence-corrected chi connectivity index (χ1v) is 7.63. The number of hydrogen-bond acceptors (Lipinski definition) is 3. The van der Waals surface area contributed by atoms with Crippen LogP contribution in [0.3, 0.4) is 0 Å². The van der Waals surface area contributed by atoms with Crippen LogP contribution in [-0.4, -0.2) is 50.8 Å². The van der Waals surface area contributed by atoms with Crippen molar-refractivity contribution in [2.75, 3.05) is 39.9 Å². The number of nitrogens with one attached hydrogen (secondary N) is 1. The van der Waals surface area contributed by atoms with Crippen molar-refractivity contribution < 1.29 is 4.74 Å². The van der Waals surface area contributed by atoms with Crippen LogP contribution in [-0.2, 0) is 4.74 Å². The molecular weight excluding hydrogens is 224 g/mol. The molecule has 2 saturated heterocycles. The average Bonchev–Trinajstić information content (AvgIpc) is 2.78. The molecule has 2 rings (SSSR count). The molecule has 106 valence electrons. The topological polar surface area (TPSA) is 24.5 Å². The maximum absolute atomic E-state index is 5.78. The van der Waals surface area contributed by atoms with E-state index in [4.69, 9.17) is 4.74 Å². The minimum atomic E-state index is 0.352. The Bertz CT molecular complexity index is 243. The summed E-state index contributed by atoms with van der Waals surface area (Å²) in [6, 6.07) is 0.792. The highest BCUT2D eigenvalue weighted by Crippen LogP contribution is 2.33. The molecule has 0 aromatic heterocycles. The second-order valence-corrected chi connectivity index (χ2v) is 6.61. The lowest BCUT2D eigenvalue weighted by atomic mass is 9.81. The van der Waals surface area contributed by atoms with Gasteiger partial charge in [0.1, 0.15) is 0 Å².